The molecule has 1 aliphatic rings. The number of rotatable bonds is 8. The van der Waals surface area contributed by atoms with Gasteiger partial charge in [-0.15, -0.1) is 0 Å². The third-order valence-electron chi connectivity index (χ3n) is 4.33. The van der Waals surface area contributed by atoms with Gasteiger partial charge in [-0.1, -0.05) is 26.7 Å². The highest BCUT2D eigenvalue weighted by Gasteiger charge is 2.17. The Morgan fingerprint density at radius 1 is 1.17 bits per heavy atom. The summed E-state index contributed by atoms with van der Waals surface area (Å²) >= 11 is 0. The van der Waals surface area contributed by atoms with Crippen LogP contribution in [-0.4, -0.2) is 67.0 Å². The summed E-state index contributed by atoms with van der Waals surface area (Å²) in [7, 11) is 0. The van der Waals surface area contributed by atoms with Crippen molar-refractivity contribution in [2.24, 2.45) is 16.6 Å². The lowest BCUT2D eigenvalue weighted by molar-refractivity contribution is -0.130. The van der Waals surface area contributed by atoms with Crippen molar-refractivity contribution in [3.8, 4) is 0 Å². The molecule has 0 bridgehead atoms. The Morgan fingerprint density at radius 2 is 1.83 bits per heavy atom. The lowest BCUT2D eigenvalue weighted by Gasteiger charge is -2.33. The van der Waals surface area contributed by atoms with Gasteiger partial charge < -0.3 is 16.0 Å². The van der Waals surface area contributed by atoms with Crippen molar-refractivity contribution >= 4 is 11.9 Å². The first kappa shape index (κ1) is 19.7. The van der Waals surface area contributed by atoms with E-state index < -0.39 is 0 Å². The lowest BCUT2D eigenvalue weighted by atomic mass is 10.0. The molecular weight excluding hydrogens is 290 g/mol. The summed E-state index contributed by atoms with van der Waals surface area (Å²) in [5.74, 6) is 1.48. The average Bonchev–Trinajstić information content (AvgIpc) is 2.47. The van der Waals surface area contributed by atoms with Gasteiger partial charge in [0.05, 0.1) is 6.54 Å². The van der Waals surface area contributed by atoms with Crippen LogP contribution in [0, 0.1) is 5.92 Å². The molecule has 6 nitrogen and oxygen atoms in total. The minimum absolute atomic E-state index is 0.169. The SMILES string of the molecule is CC(=O)N1CCN(CCN=C(N)NC(C)CCCC(C)C)CC1. The molecule has 1 atom stereocenters. The van der Waals surface area contributed by atoms with Crippen LogP contribution in [-0.2, 0) is 4.79 Å². The van der Waals surface area contributed by atoms with Gasteiger partial charge in [0.1, 0.15) is 0 Å². The number of aliphatic imine (C=N–C) groups is 1. The number of amides is 1. The maximum absolute atomic E-state index is 11.3. The second-order valence-corrected chi connectivity index (χ2v) is 6.98. The number of nitrogens with zero attached hydrogens (tertiary/aromatic N) is 3. The molecule has 1 saturated heterocycles. The summed E-state index contributed by atoms with van der Waals surface area (Å²) in [6.45, 7) is 13.4. The zero-order valence-electron chi connectivity index (χ0n) is 15.3. The van der Waals surface area contributed by atoms with Gasteiger partial charge in [-0.05, 0) is 19.3 Å². The van der Waals surface area contributed by atoms with E-state index in [1.165, 1.54) is 12.8 Å². The van der Waals surface area contributed by atoms with Gasteiger partial charge in [0.25, 0.3) is 0 Å². The molecule has 0 aromatic heterocycles. The van der Waals surface area contributed by atoms with E-state index in [9.17, 15) is 4.79 Å². The fraction of sp³-hybridized carbons (Fsp3) is 0.882. The molecule has 0 saturated carbocycles. The minimum atomic E-state index is 0.169. The van der Waals surface area contributed by atoms with Gasteiger partial charge >= 0.3 is 0 Å². The molecule has 1 heterocycles. The van der Waals surface area contributed by atoms with Crippen molar-refractivity contribution in [3.63, 3.8) is 0 Å². The van der Waals surface area contributed by atoms with E-state index in [2.05, 4.69) is 36.0 Å². The predicted molar refractivity (Wildman–Crippen MR) is 96.5 cm³/mol. The Hall–Kier alpha value is -1.30. The zero-order valence-corrected chi connectivity index (χ0v) is 15.3. The highest BCUT2D eigenvalue weighted by molar-refractivity contribution is 5.78. The summed E-state index contributed by atoms with van der Waals surface area (Å²) in [4.78, 5) is 19.9. The van der Waals surface area contributed by atoms with Crippen LogP contribution in [0.4, 0.5) is 0 Å². The van der Waals surface area contributed by atoms with Crippen molar-refractivity contribution < 1.29 is 4.79 Å². The third-order valence-corrected chi connectivity index (χ3v) is 4.33. The second kappa shape index (κ2) is 10.5. The van der Waals surface area contributed by atoms with Crippen LogP contribution in [0.1, 0.15) is 47.0 Å². The fourth-order valence-electron chi connectivity index (χ4n) is 2.80. The first-order valence-corrected chi connectivity index (χ1v) is 8.92. The molecular formula is C17H35N5O. The van der Waals surface area contributed by atoms with Gasteiger partial charge in [0.15, 0.2) is 5.96 Å². The fourth-order valence-corrected chi connectivity index (χ4v) is 2.80. The van der Waals surface area contributed by atoms with Gasteiger partial charge in [-0.3, -0.25) is 14.7 Å². The van der Waals surface area contributed by atoms with E-state index in [0.717, 1.165) is 45.1 Å². The van der Waals surface area contributed by atoms with E-state index in [4.69, 9.17) is 5.73 Å². The molecule has 0 radical (unpaired) electrons. The topological polar surface area (TPSA) is 74.0 Å². The molecule has 1 aliphatic heterocycles. The van der Waals surface area contributed by atoms with Crippen LogP contribution in [0.5, 0.6) is 0 Å². The first-order valence-electron chi connectivity index (χ1n) is 8.92. The molecule has 6 heteroatoms. The molecule has 1 unspecified atom stereocenters. The highest BCUT2D eigenvalue weighted by atomic mass is 16.2. The average molecular weight is 326 g/mol. The number of carbonyl (C=O) groups is 1. The summed E-state index contributed by atoms with van der Waals surface area (Å²) < 4.78 is 0. The number of carbonyl (C=O) groups excluding carboxylic acids is 1. The predicted octanol–water partition coefficient (Wildman–Crippen LogP) is 1.27. The summed E-state index contributed by atoms with van der Waals surface area (Å²) in [6, 6.07) is 0.372. The van der Waals surface area contributed by atoms with Crippen molar-refractivity contribution in [2.75, 3.05) is 39.3 Å². The van der Waals surface area contributed by atoms with Crippen molar-refractivity contribution in [1.29, 1.82) is 0 Å². The van der Waals surface area contributed by atoms with Crippen LogP contribution < -0.4 is 11.1 Å². The number of nitrogens with one attached hydrogen (secondary N) is 1. The number of piperazine rings is 1. The van der Waals surface area contributed by atoms with E-state index in [1.54, 1.807) is 6.92 Å². The number of hydrogen-bond donors (Lipinski definition) is 2. The largest absolute Gasteiger partial charge is 0.370 e. The summed E-state index contributed by atoms with van der Waals surface area (Å²) in [6.07, 6.45) is 3.61. The minimum Gasteiger partial charge on any atom is -0.370 e. The van der Waals surface area contributed by atoms with Crippen molar-refractivity contribution in [2.45, 2.75) is 53.0 Å². The zero-order chi connectivity index (χ0) is 17.2. The molecule has 0 aromatic rings. The Balaban J connectivity index is 2.15. The molecule has 0 aliphatic carbocycles. The Morgan fingerprint density at radius 3 is 2.39 bits per heavy atom. The smallest absolute Gasteiger partial charge is 0.219 e. The van der Waals surface area contributed by atoms with Crippen molar-refractivity contribution in [3.05, 3.63) is 0 Å². The number of nitrogens with two attached hydrogens (primary N) is 1. The maximum Gasteiger partial charge on any atom is 0.219 e. The van der Waals surface area contributed by atoms with Crippen LogP contribution >= 0.6 is 0 Å². The van der Waals surface area contributed by atoms with Gasteiger partial charge in [0.2, 0.25) is 5.91 Å². The Bertz CT molecular complexity index is 375. The van der Waals surface area contributed by atoms with Gasteiger partial charge in [0, 0.05) is 45.7 Å². The summed E-state index contributed by atoms with van der Waals surface area (Å²) in [5.41, 5.74) is 5.95. The Kier molecular flexibility index (Phi) is 8.99. The monoisotopic (exact) mass is 325 g/mol. The molecule has 0 spiro atoms. The van der Waals surface area contributed by atoms with Crippen LogP contribution in [0.15, 0.2) is 4.99 Å². The van der Waals surface area contributed by atoms with E-state index in [0.29, 0.717) is 18.5 Å². The van der Waals surface area contributed by atoms with Gasteiger partial charge in [-0.25, -0.2) is 0 Å². The highest BCUT2D eigenvalue weighted by Crippen LogP contribution is 2.08. The second-order valence-electron chi connectivity index (χ2n) is 6.98. The van der Waals surface area contributed by atoms with E-state index in [1.807, 2.05) is 4.90 Å². The maximum atomic E-state index is 11.3. The Labute approximate surface area is 141 Å². The van der Waals surface area contributed by atoms with Crippen LogP contribution in [0.25, 0.3) is 0 Å². The lowest BCUT2D eigenvalue weighted by Crippen LogP contribution is -2.48. The normalized spacial score (nSPS) is 18.3. The molecule has 1 rings (SSSR count). The first-order chi connectivity index (χ1) is 10.9. The molecule has 134 valence electrons. The van der Waals surface area contributed by atoms with Crippen molar-refractivity contribution in [1.82, 2.24) is 15.1 Å². The molecule has 1 amide bonds. The third kappa shape index (κ3) is 8.79. The standard InChI is InChI=1S/C17H35N5O/c1-14(2)6-5-7-15(3)20-17(18)19-8-9-21-10-12-22(13-11-21)16(4)23/h14-15H,5-13H2,1-4H3,(H3,18,19,20). The van der Waals surface area contributed by atoms with Crippen LogP contribution in [0.3, 0.4) is 0 Å². The molecule has 3 N–H and O–H groups in total. The van der Waals surface area contributed by atoms with Crippen LogP contribution in [0.2, 0.25) is 0 Å². The molecule has 0 aromatic carbocycles. The summed E-state index contributed by atoms with van der Waals surface area (Å²) in [5, 5.41) is 3.27. The van der Waals surface area contributed by atoms with Gasteiger partial charge in [-0.2, -0.15) is 0 Å². The van der Waals surface area contributed by atoms with E-state index in [-0.39, 0.29) is 5.91 Å². The number of guanidine groups is 1. The quantitative estimate of drug-likeness (QED) is 0.521. The molecule has 1 fully saturated rings. The number of hydrogen-bond acceptors (Lipinski definition) is 3. The molecule has 23 heavy (non-hydrogen) atoms. The van der Waals surface area contributed by atoms with E-state index >= 15 is 0 Å².